The lowest BCUT2D eigenvalue weighted by molar-refractivity contribution is 0.628. The van der Waals surface area contributed by atoms with E-state index in [0.717, 1.165) is 50.4 Å². The Hall–Kier alpha value is -15.6. The predicted molar refractivity (Wildman–Crippen MR) is 544 cm³/mol. The lowest BCUT2D eigenvalue weighted by Crippen LogP contribution is -2.74. The van der Waals surface area contributed by atoms with Crippen LogP contribution in [0.5, 0.6) is 0 Å². The van der Waals surface area contributed by atoms with Crippen LogP contribution in [-0.2, 0) is 10.8 Å². The lowest BCUT2D eigenvalue weighted by atomic mass is 9.67. The number of anilines is 6. The van der Waals surface area contributed by atoms with Crippen molar-refractivity contribution in [2.75, 3.05) is 9.80 Å². The molecule has 129 heavy (non-hydrogen) atoms. The molecule has 20 aromatic rings. The van der Waals surface area contributed by atoms with Crippen molar-refractivity contribution in [3.63, 3.8) is 0 Å². The zero-order chi connectivity index (χ0) is 86.7. The van der Waals surface area contributed by atoms with Crippen LogP contribution >= 0.6 is 0 Å². The third-order valence-corrected chi connectivity index (χ3v) is 36.5. The summed E-state index contributed by atoms with van der Waals surface area (Å²) >= 11 is 0. The number of rotatable bonds is 20. The summed E-state index contributed by atoms with van der Waals surface area (Å²) in [6.07, 6.45) is 0. The molecule has 5 heteroatoms. The SMILES string of the molecule is Cc1cc(N(c2ccccc2)c2ccc3c(c2)C(c2ccccc2)(c2ccccc2)c2ccccc2-3)cc(C)c1-c1ccc([Si](c2ccccc2)(c2ccccc2)c2ccccc2)cc1.Fc1ccc([Si](c2ccccc2)(c2ccccc2)c2ccc(-c3ccc(N(c4ccccc4)c4ccc5c(c4)C(c4ccccc4)(c4ccccc4)c4ccccc4-5)cc3)cc2)cc1. The van der Waals surface area contributed by atoms with Crippen molar-refractivity contribution in [2.45, 2.75) is 24.7 Å². The Labute approximate surface area is 758 Å². The van der Waals surface area contributed by atoms with Crippen molar-refractivity contribution in [3.05, 3.63) is 589 Å². The largest absolute Gasteiger partial charge is 0.310 e. The number of benzene rings is 20. The average Bonchev–Trinajstić information content (AvgIpc) is 1.55. The van der Waals surface area contributed by atoms with E-state index in [-0.39, 0.29) is 5.82 Å². The lowest BCUT2D eigenvalue weighted by Gasteiger charge is -2.35. The highest BCUT2D eigenvalue weighted by Gasteiger charge is 2.49. The number of hydrogen-bond acceptors (Lipinski definition) is 2. The van der Waals surface area contributed by atoms with Crippen LogP contribution < -0.4 is 51.3 Å². The van der Waals surface area contributed by atoms with E-state index in [4.69, 9.17) is 0 Å². The molecule has 0 radical (unpaired) electrons. The minimum absolute atomic E-state index is 0.230. The summed E-state index contributed by atoms with van der Waals surface area (Å²) in [6, 6.07) is 192. The Kier molecular flexibility index (Phi) is 21.7. The Balaban J connectivity index is 0.000000156. The highest BCUT2D eigenvalue weighted by atomic mass is 28.3. The number of aryl methyl sites for hydroxylation is 2. The minimum atomic E-state index is -2.80. The van der Waals surface area contributed by atoms with Crippen molar-refractivity contribution in [2.24, 2.45) is 0 Å². The van der Waals surface area contributed by atoms with Crippen LogP contribution in [0.25, 0.3) is 44.5 Å². The normalized spacial score (nSPS) is 12.6. The average molecular weight is 1690 g/mol. The van der Waals surface area contributed by atoms with Crippen molar-refractivity contribution >= 4 is 91.8 Å². The van der Waals surface area contributed by atoms with E-state index in [0.29, 0.717) is 0 Å². The van der Waals surface area contributed by atoms with Crippen molar-refractivity contribution in [1.82, 2.24) is 0 Å². The van der Waals surface area contributed by atoms with Gasteiger partial charge in [-0.05, 0) is 240 Å². The maximum absolute atomic E-state index is 14.5. The van der Waals surface area contributed by atoms with Crippen LogP contribution in [0, 0.1) is 19.7 Å². The van der Waals surface area contributed by atoms with Gasteiger partial charge in [-0.15, -0.1) is 0 Å². The first-order valence-electron chi connectivity index (χ1n) is 44.6. The quantitative estimate of drug-likeness (QED) is 0.0554. The molecular formula is C124H93FN2Si2. The second kappa shape index (κ2) is 34.7. The molecule has 0 fully saturated rings. The first-order valence-corrected chi connectivity index (χ1v) is 48.6. The molecule has 0 atom stereocenters. The van der Waals surface area contributed by atoms with E-state index < -0.39 is 27.0 Å². The summed E-state index contributed by atoms with van der Waals surface area (Å²) in [7, 11) is -5.44. The molecule has 20 aromatic carbocycles. The standard InChI is InChI=1S/C63H49NSi.C61H44FNSi/c1-46-43-53(44-47(2)62(46)48-37-40-57(41-38-48)65(54-29-15-6-16-30-54,55-31-17-7-18-32-55)56-33-19-8-20-34-56)64(51-27-13-5-14-28-51)52-39-42-59-58-35-21-22-36-60(58)63(61(59)45-52,49-23-9-3-10-24-49)50-25-11-4-12-26-50;62-49-34-41-56(42-35-49)64(53-24-12-4-13-25-53,54-26-14-5-15-27-54)55-39-32-46(33-40-55)45-30-36-51(37-31-45)63(50-22-10-3-11-23-50)52-38-43-58-57-28-16-17-29-59(57)61(60(58)44-52,47-18-6-1-7-19-47)48-20-8-2-9-21-48/h3-45H,1-2H3;1-44H. The van der Waals surface area contributed by atoms with Crippen LogP contribution in [-0.4, -0.2) is 16.1 Å². The first-order chi connectivity index (χ1) is 63.7. The van der Waals surface area contributed by atoms with E-state index in [9.17, 15) is 4.39 Å². The molecule has 614 valence electrons. The summed E-state index contributed by atoms with van der Waals surface area (Å²) in [4.78, 5) is 4.82. The minimum Gasteiger partial charge on any atom is -0.310 e. The predicted octanol–water partition coefficient (Wildman–Crippen LogP) is 25.9. The van der Waals surface area contributed by atoms with Gasteiger partial charge in [-0.25, -0.2) is 4.39 Å². The molecule has 0 heterocycles. The second-order valence-corrected chi connectivity index (χ2v) is 41.5. The monoisotopic (exact) mass is 1680 g/mol. The molecule has 22 rings (SSSR count). The summed E-state index contributed by atoms with van der Waals surface area (Å²) in [5.74, 6) is -0.230. The topological polar surface area (TPSA) is 6.48 Å². The summed E-state index contributed by atoms with van der Waals surface area (Å²) in [6.45, 7) is 4.55. The number of halogens is 1. The fourth-order valence-corrected chi connectivity index (χ4v) is 30.9. The Morgan fingerprint density at radius 1 is 0.186 bits per heavy atom. The molecule has 0 aromatic heterocycles. The van der Waals surface area contributed by atoms with Crippen LogP contribution in [0.3, 0.4) is 0 Å². The molecule has 2 nitrogen and oxygen atoms in total. The van der Waals surface area contributed by atoms with Gasteiger partial charge < -0.3 is 9.80 Å². The van der Waals surface area contributed by atoms with Crippen molar-refractivity contribution in [1.29, 1.82) is 0 Å². The van der Waals surface area contributed by atoms with Gasteiger partial charge in [0.2, 0.25) is 0 Å². The fourth-order valence-electron chi connectivity index (χ4n) is 21.5. The number of hydrogen-bond donors (Lipinski definition) is 0. The van der Waals surface area contributed by atoms with E-state index >= 15 is 0 Å². The zero-order valence-corrected chi connectivity index (χ0v) is 74.0. The van der Waals surface area contributed by atoms with E-state index in [1.807, 2.05) is 12.1 Å². The van der Waals surface area contributed by atoms with E-state index in [1.54, 1.807) is 12.1 Å². The number of para-hydroxylation sites is 2. The molecule has 2 aliphatic rings. The molecule has 0 N–H and O–H groups in total. The van der Waals surface area contributed by atoms with Crippen LogP contribution in [0.4, 0.5) is 38.5 Å². The Bertz CT molecular complexity index is 7070. The van der Waals surface area contributed by atoms with Gasteiger partial charge >= 0.3 is 0 Å². The van der Waals surface area contributed by atoms with Crippen LogP contribution in [0.1, 0.15) is 55.6 Å². The second-order valence-electron chi connectivity index (χ2n) is 33.9. The molecule has 0 bridgehead atoms. The maximum atomic E-state index is 14.5. The molecular weight excluding hydrogens is 1590 g/mol. The molecule has 0 spiro atoms. The summed E-state index contributed by atoms with van der Waals surface area (Å²) in [5.41, 5.74) is 28.2. The van der Waals surface area contributed by atoms with Crippen LogP contribution in [0.15, 0.2) is 528 Å². The summed E-state index contributed by atoms with van der Waals surface area (Å²) < 4.78 is 14.5. The summed E-state index contributed by atoms with van der Waals surface area (Å²) in [5, 5.41) is 10.4. The smallest absolute Gasteiger partial charge is 0.179 e. The molecule has 0 saturated carbocycles. The molecule has 0 unspecified atom stereocenters. The van der Waals surface area contributed by atoms with E-state index in [1.165, 1.54) is 125 Å². The van der Waals surface area contributed by atoms with Gasteiger partial charge in [0, 0.05) is 34.1 Å². The number of nitrogens with zero attached hydrogens (tertiary/aromatic N) is 2. The number of fused-ring (bicyclic) bond motifs is 6. The third kappa shape index (κ3) is 14.0. The van der Waals surface area contributed by atoms with Gasteiger partial charge in [0.1, 0.15) is 5.82 Å². The van der Waals surface area contributed by atoms with Crippen molar-refractivity contribution in [3.8, 4) is 44.5 Å². The van der Waals surface area contributed by atoms with Gasteiger partial charge in [0.15, 0.2) is 16.1 Å². The highest BCUT2D eigenvalue weighted by molar-refractivity contribution is 7.20. The van der Waals surface area contributed by atoms with Crippen molar-refractivity contribution < 1.29 is 4.39 Å². The van der Waals surface area contributed by atoms with Gasteiger partial charge in [-0.2, -0.15) is 0 Å². The molecule has 2 aliphatic carbocycles. The van der Waals surface area contributed by atoms with Gasteiger partial charge in [-0.1, -0.05) is 443 Å². The molecule has 0 aliphatic heterocycles. The van der Waals surface area contributed by atoms with E-state index in [2.05, 4.69) is 527 Å². The Morgan fingerprint density at radius 2 is 0.419 bits per heavy atom. The maximum Gasteiger partial charge on any atom is 0.179 e. The first kappa shape index (κ1) is 80.5. The third-order valence-electron chi connectivity index (χ3n) is 26.9. The molecule has 0 saturated heterocycles. The highest BCUT2D eigenvalue weighted by Crippen LogP contribution is 2.60. The van der Waals surface area contributed by atoms with Crippen LogP contribution in [0.2, 0.25) is 0 Å². The van der Waals surface area contributed by atoms with Gasteiger partial charge in [0.25, 0.3) is 0 Å². The van der Waals surface area contributed by atoms with Gasteiger partial charge in [-0.3, -0.25) is 0 Å². The van der Waals surface area contributed by atoms with Gasteiger partial charge in [0.05, 0.1) is 10.8 Å². The molecule has 0 amide bonds. The zero-order valence-electron chi connectivity index (χ0n) is 72.0. The Morgan fingerprint density at radius 3 is 0.744 bits per heavy atom. The fraction of sp³-hybridized carbons (Fsp3) is 0.0323.